The lowest BCUT2D eigenvalue weighted by Crippen LogP contribution is -2.52. The van der Waals surface area contributed by atoms with Crippen molar-refractivity contribution < 1.29 is 18.7 Å². The molecule has 0 radical (unpaired) electrons. The number of rotatable bonds is 6. The molecule has 0 fully saturated rings. The van der Waals surface area contributed by atoms with Crippen LogP contribution in [0.15, 0.2) is 48.5 Å². The number of halogens is 1. The summed E-state index contributed by atoms with van der Waals surface area (Å²) in [4.78, 5) is 26.8. The summed E-state index contributed by atoms with van der Waals surface area (Å²) < 4.78 is 19.1. The Labute approximate surface area is 151 Å². The van der Waals surface area contributed by atoms with Crippen LogP contribution in [0.25, 0.3) is 0 Å². The smallest absolute Gasteiger partial charge is 0.252 e. The SMILES string of the molecule is COCCN(Cc1ccccc1F)C(=O)[C@@H]1Cc2ccccc2C(=O)N1. The first kappa shape index (κ1) is 18.1. The van der Waals surface area contributed by atoms with Crippen LogP contribution in [0, 0.1) is 5.82 Å². The van der Waals surface area contributed by atoms with Crippen LogP contribution >= 0.6 is 0 Å². The van der Waals surface area contributed by atoms with Crippen LogP contribution in [0.3, 0.4) is 0 Å². The Morgan fingerprint density at radius 2 is 1.96 bits per heavy atom. The van der Waals surface area contributed by atoms with E-state index in [1.54, 1.807) is 37.4 Å². The molecule has 6 heteroatoms. The Morgan fingerprint density at radius 1 is 1.23 bits per heavy atom. The summed E-state index contributed by atoms with van der Waals surface area (Å²) in [5.41, 5.74) is 1.86. The minimum absolute atomic E-state index is 0.128. The lowest BCUT2D eigenvalue weighted by atomic mass is 9.94. The van der Waals surface area contributed by atoms with Crippen LogP contribution in [0.1, 0.15) is 21.5 Å². The van der Waals surface area contributed by atoms with Gasteiger partial charge in [0, 0.05) is 37.7 Å². The van der Waals surface area contributed by atoms with Gasteiger partial charge in [-0.1, -0.05) is 36.4 Å². The zero-order valence-electron chi connectivity index (χ0n) is 14.6. The molecule has 1 heterocycles. The zero-order valence-corrected chi connectivity index (χ0v) is 14.6. The van der Waals surface area contributed by atoms with Gasteiger partial charge in [0.2, 0.25) is 5.91 Å². The van der Waals surface area contributed by atoms with Gasteiger partial charge in [-0.3, -0.25) is 9.59 Å². The van der Waals surface area contributed by atoms with Crippen LogP contribution in [-0.2, 0) is 22.5 Å². The fraction of sp³-hybridized carbons (Fsp3) is 0.300. The van der Waals surface area contributed by atoms with Crippen molar-refractivity contribution in [2.24, 2.45) is 0 Å². The van der Waals surface area contributed by atoms with Crippen molar-refractivity contribution in [3.05, 3.63) is 71.0 Å². The molecule has 5 nitrogen and oxygen atoms in total. The molecule has 0 bridgehead atoms. The molecule has 1 atom stereocenters. The van der Waals surface area contributed by atoms with Gasteiger partial charge in [-0.15, -0.1) is 0 Å². The molecule has 136 valence electrons. The molecular formula is C20H21FN2O3. The number of carbonyl (C=O) groups excluding carboxylic acids is 2. The van der Waals surface area contributed by atoms with Crippen LogP contribution in [-0.4, -0.2) is 43.0 Å². The van der Waals surface area contributed by atoms with Crippen LogP contribution in [0.2, 0.25) is 0 Å². The number of fused-ring (bicyclic) bond motifs is 1. The van der Waals surface area contributed by atoms with Gasteiger partial charge in [0.25, 0.3) is 5.91 Å². The standard InChI is InChI=1S/C20H21FN2O3/c1-26-11-10-23(13-15-7-3-5-9-17(15)21)20(25)18-12-14-6-2-4-8-16(14)19(24)22-18/h2-9,18H,10-13H2,1H3,(H,22,24)/t18-/m0/s1. The van der Waals surface area contributed by atoms with E-state index in [2.05, 4.69) is 5.32 Å². The molecule has 1 aliphatic rings. The van der Waals surface area contributed by atoms with E-state index in [-0.39, 0.29) is 24.2 Å². The molecule has 26 heavy (non-hydrogen) atoms. The summed E-state index contributed by atoms with van der Waals surface area (Å²) in [7, 11) is 1.55. The number of benzene rings is 2. The number of hydrogen-bond donors (Lipinski definition) is 1. The molecule has 0 spiro atoms. The summed E-state index contributed by atoms with van der Waals surface area (Å²) in [5, 5.41) is 2.76. The Balaban J connectivity index is 1.79. The molecule has 1 N–H and O–H groups in total. The Hall–Kier alpha value is -2.73. The number of amides is 2. The molecule has 2 amide bonds. The highest BCUT2D eigenvalue weighted by Gasteiger charge is 2.31. The molecule has 0 aromatic heterocycles. The lowest BCUT2D eigenvalue weighted by molar-refractivity contribution is -0.134. The number of hydrogen-bond acceptors (Lipinski definition) is 3. The third kappa shape index (κ3) is 3.91. The van der Waals surface area contributed by atoms with E-state index in [9.17, 15) is 14.0 Å². The quantitative estimate of drug-likeness (QED) is 0.863. The van der Waals surface area contributed by atoms with Gasteiger partial charge in [-0.2, -0.15) is 0 Å². The predicted octanol–water partition coefficient (Wildman–Crippen LogP) is 2.16. The van der Waals surface area contributed by atoms with E-state index in [1.165, 1.54) is 11.0 Å². The van der Waals surface area contributed by atoms with Gasteiger partial charge in [0.05, 0.1) is 6.61 Å². The van der Waals surface area contributed by atoms with E-state index in [4.69, 9.17) is 4.74 Å². The van der Waals surface area contributed by atoms with Crippen LogP contribution in [0.5, 0.6) is 0 Å². The molecule has 1 aliphatic heterocycles. The first-order valence-corrected chi connectivity index (χ1v) is 8.50. The minimum Gasteiger partial charge on any atom is -0.383 e. The average Bonchev–Trinajstić information content (AvgIpc) is 2.66. The highest BCUT2D eigenvalue weighted by molar-refractivity contribution is 6.00. The van der Waals surface area contributed by atoms with Crippen molar-refractivity contribution in [2.45, 2.75) is 19.0 Å². The monoisotopic (exact) mass is 356 g/mol. The summed E-state index contributed by atoms with van der Waals surface area (Å²) >= 11 is 0. The fourth-order valence-corrected chi connectivity index (χ4v) is 3.10. The van der Waals surface area contributed by atoms with Gasteiger partial charge in [0.1, 0.15) is 11.9 Å². The number of methoxy groups -OCH3 is 1. The minimum atomic E-state index is -0.666. The Morgan fingerprint density at radius 3 is 2.73 bits per heavy atom. The van der Waals surface area contributed by atoms with E-state index in [0.717, 1.165) is 5.56 Å². The van der Waals surface area contributed by atoms with Crippen molar-refractivity contribution in [2.75, 3.05) is 20.3 Å². The number of nitrogens with one attached hydrogen (secondary N) is 1. The summed E-state index contributed by atoms with van der Waals surface area (Å²) in [6, 6.07) is 12.9. The Bertz CT molecular complexity index is 809. The van der Waals surface area contributed by atoms with Crippen LogP contribution in [0.4, 0.5) is 4.39 Å². The summed E-state index contributed by atoms with van der Waals surface area (Å²) in [6.07, 6.45) is 0.418. The summed E-state index contributed by atoms with van der Waals surface area (Å²) in [5.74, 6) is -0.864. The number of ether oxygens (including phenoxy) is 1. The second kappa shape index (κ2) is 8.10. The highest BCUT2D eigenvalue weighted by Crippen LogP contribution is 2.19. The van der Waals surface area contributed by atoms with E-state index in [0.29, 0.717) is 30.7 Å². The average molecular weight is 356 g/mol. The second-order valence-corrected chi connectivity index (χ2v) is 6.23. The van der Waals surface area contributed by atoms with Gasteiger partial charge in [-0.25, -0.2) is 4.39 Å². The highest BCUT2D eigenvalue weighted by atomic mass is 19.1. The van der Waals surface area contributed by atoms with Crippen molar-refractivity contribution in [3.63, 3.8) is 0 Å². The Kier molecular flexibility index (Phi) is 5.63. The molecule has 0 aliphatic carbocycles. The predicted molar refractivity (Wildman–Crippen MR) is 95.1 cm³/mol. The second-order valence-electron chi connectivity index (χ2n) is 6.23. The first-order valence-electron chi connectivity index (χ1n) is 8.50. The molecule has 2 aromatic carbocycles. The van der Waals surface area contributed by atoms with E-state index < -0.39 is 6.04 Å². The summed E-state index contributed by atoms with van der Waals surface area (Å²) in [6.45, 7) is 0.776. The number of nitrogens with zero attached hydrogens (tertiary/aromatic N) is 1. The maximum atomic E-state index is 14.0. The van der Waals surface area contributed by atoms with Gasteiger partial charge in [0.15, 0.2) is 0 Å². The van der Waals surface area contributed by atoms with Crippen molar-refractivity contribution in [3.8, 4) is 0 Å². The first-order chi connectivity index (χ1) is 12.6. The molecule has 0 saturated carbocycles. The third-order valence-corrected chi connectivity index (χ3v) is 4.49. The van der Waals surface area contributed by atoms with Crippen molar-refractivity contribution in [1.29, 1.82) is 0 Å². The molecule has 3 rings (SSSR count). The zero-order chi connectivity index (χ0) is 18.5. The lowest BCUT2D eigenvalue weighted by Gasteiger charge is -2.31. The fourth-order valence-electron chi connectivity index (χ4n) is 3.10. The normalized spacial score (nSPS) is 15.9. The maximum absolute atomic E-state index is 14.0. The molecule has 0 unspecified atom stereocenters. The van der Waals surface area contributed by atoms with Gasteiger partial charge < -0.3 is 15.0 Å². The third-order valence-electron chi connectivity index (χ3n) is 4.49. The molecular weight excluding hydrogens is 335 g/mol. The van der Waals surface area contributed by atoms with Crippen LogP contribution < -0.4 is 5.32 Å². The maximum Gasteiger partial charge on any atom is 0.252 e. The van der Waals surface area contributed by atoms with Crippen molar-refractivity contribution in [1.82, 2.24) is 10.2 Å². The number of carbonyl (C=O) groups is 2. The van der Waals surface area contributed by atoms with E-state index in [1.807, 2.05) is 12.1 Å². The van der Waals surface area contributed by atoms with Gasteiger partial charge in [-0.05, 0) is 17.7 Å². The van der Waals surface area contributed by atoms with Crippen molar-refractivity contribution >= 4 is 11.8 Å². The molecule has 0 saturated heterocycles. The van der Waals surface area contributed by atoms with E-state index >= 15 is 0 Å². The molecule has 2 aromatic rings. The largest absolute Gasteiger partial charge is 0.383 e. The van der Waals surface area contributed by atoms with Gasteiger partial charge >= 0.3 is 0 Å². The topological polar surface area (TPSA) is 58.6 Å².